The first-order valence-electron chi connectivity index (χ1n) is 6.18. The molecule has 0 radical (unpaired) electrons. The van der Waals surface area contributed by atoms with E-state index in [4.69, 9.17) is 0 Å². The molecule has 0 spiro atoms. The molecule has 2 N–H and O–H groups in total. The van der Waals surface area contributed by atoms with Gasteiger partial charge in [0.1, 0.15) is 5.54 Å². The van der Waals surface area contributed by atoms with Gasteiger partial charge in [0, 0.05) is 10.0 Å². The zero-order valence-corrected chi connectivity index (χ0v) is 12.9. The fourth-order valence-corrected chi connectivity index (χ4v) is 2.42. The van der Waals surface area contributed by atoms with Gasteiger partial charge in [-0.2, -0.15) is 0 Å². The van der Waals surface area contributed by atoms with Crippen LogP contribution in [0.3, 0.4) is 0 Å². The average Bonchev–Trinajstić information content (AvgIpc) is 2.35. The molecule has 0 unspecified atom stereocenters. The highest BCUT2D eigenvalue weighted by Gasteiger charge is 2.36. The van der Waals surface area contributed by atoms with Gasteiger partial charge in [0.2, 0.25) is 0 Å². The van der Waals surface area contributed by atoms with Crippen LogP contribution in [0.2, 0.25) is 0 Å². The minimum absolute atomic E-state index is 0.347. The van der Waals surface area contributed by atoms with Crippen LogP contribution < -0.4 is 5.32 Å². The number of halogens is 1. The molecule has 1 aromatic rings. The van der Waals surface area contributed by atoms with E-state index in [1.807, 2.05) is 13.0 Å². The maximum atomic E-state index is 12.2. The maximum absolute atomic E-state index is 12.2. The summed E-state index contributed by atoms with van der Waals surface area (Å²) in [5, 5.41) is 12.0. The first-order chi connectivity index (χ1) is 8.86. The van der Waals surface area contributed by atoms with Crippen molar-refractivity contribution in [1.29, 1.82) is 0 Å². The van der Waals surface area contributed by atoms with Crippen molar-refractivity contribution in [3.63, 3.8) is 0 Å². The number of hydrogen-bond acceptors (Lipinski definition) is 2. The SMILES string of the molecule is CCC(CC)(NC(=O)c1ccc(Br)cc1C)C(=O)O. The molecule has 0 bridgehead atoms. The zero-order valence-electron chi connectivity index (χ0n) is 11.3. The van der Waals surface area contributed by atoms with Gasteiger partial charge in [-0.25, -0.2) is 4.79 Å². The minimum atomic E-state index is -1.20. The molecule has 0 aliphatic carbocycles. The Morgan fingerprint density at radius 3 is 2.32 bits per heavy atom. The lowest BCUT2D eigenvalue weighted by Gasteiger charge is -2.28. The van der Waals surface area contributed by atoms with E-state index in [0.29, 0.717) is 18.4 Å². The number of benzene rings is 1. The van der Waals surface area contributed by atoms with Gasteiger partial charge in [-0.3, -0.25) is 4.79 Å². The first kappa shape index (κ1) is 15.7. The third kappa shape index (κ3) is 3.35. The second-order valence-corrected chi connectivity index (χ2v) is 5.42. The molecule has 0 saturated carbocycles. The van der Waals surface area contributed by atoms with E-state index in [-0.39, 0.29) is 5.91 Å². The predicted octanol–water partition coefficient (Wildman–Crippen LogP) is 3.13. The fourth-order valence-electron chi connectivity index (χ4n) is 1.95. The van der Waals surface area contributed by atoms with Crippen molar-refractivity contribution in [2.45, 2.75) is 39.2 Å². The molecule has 4 nitrogen and oxygen atoms in total. The summed E-state index contributed by atoms with van der Waals surface area (Å²) in [6.45, 7) is 5.33. The number of aryl methyl sites for hydroxylation is 1. The molecule has 19 heavy (non-hydrogen) atoms. The monoisotopic (exact) mass is 327 g/mol. The summed E-state index contributed by atoms with van der Waals surface area (Å²) in [6, 6.07) is 5.28. The molecule has 1 aromatic carbocycles. The first-order valence-corrected chi connectivity index (χ1v) is 6.97. The largest absolute Gasteiger partial charge is 0.480 e. The van der Waals surface area contributed by atoms with Gasteiger partial charge in [0.05, 0.1) is 0 Å². The van der Waals surface area contributed by atoms with Crippen molar-refractivity contribution in [1.82, 2.24) is 5.32 Å². The molecule has 1 rings (SSSR count). The smallest absolute Gasteiger partial charge is 0.329 e. The Bertz CT molecular complexity index is 495. The summed E-state index contributed by atoms with van der Waals surface area (Å²) in [7, 11) is 0. The Balaban J connectivity index is 3.04. The Labute approximate surface area is 121 Å². The number of carboxylic acids is 1. The van der Waals surface area contributed by atoms with Crippen molar-refractivity contribution in [3.8, 4) is 0 Å². The summed E-state index contributed by atoms with van der Waals surface area (Å²) in [5.41, 5.74) is 0.102. The van der Waals surface area contributed by atoms with Gasteiger partial charge >= 0.3 is 5.97 Å². The Morgan fingerprint density at radius 1 is 1.32 bits per heavy atom. The molecule has 1 amide bonds. The van der Waals surface area contributed by atoms with Crippen LogP contribution >= 0.6 is 15.9 Å². The minimum Gasteiger partial charge on any atom is -0.480 e. The van der Waals surface area contributed by atoms with Crippen LogP contribution in [-0.4, -0.2) is 22.5 Å². The lowest BCUT2D eigenvalue weighted by Crippen LogP contribution is -2.53. The molecule has 0 aliphatic rings. The molecular formula is C14H18BrNO3. The molecule has 104 valence electrons. The quantitative estimate of drug-likeness (QED) is 0.873. The van der Waals surface area contributed by atoms with Crippen LogP contribution in [0.25, 0.3) is 0 Å². The lowest BCUT2D eigenvalue weighted by atomic mass is 9.92. The number of aliphatic carboxylic acids is 1. The van der Waals surface area contributed by atoms with Crippen molar-refractivity contribution in [2.24, 2.45) is 0 Å². The van der Waals surface area contributed by atoms with Crippen LogP contribution in [-0.2, 0) is 4.79 Å². The van der Waals surface area contributed by atoms with E-state index in [0.717, 1.165) is 10.0 Å². The fraction of sp³-hybridized carbons (Fsp3) is 0.429. The van der Waals surface area contributed by atoms with Gasteiger partial charge < -0.3 is 10.4 Å². The highest BCUT2D eigenvalue weighted by Crippen LogP contribution is 2.19. The second-order valence-electron chi connectivity index (χ2n) is 4.51. The lowest BCUT2D eigenvalue weighted by molar-refractivity contribution is -0.144. The van der Waals surface area contributed by atoms with E-state index in [2.05, 4.69) is 21.2 Å². The third-order valence-electron chi connectivity index (χ3n) is 3.40. The normalized spacial score (nSPS) is 11.2. The van der Waals surface area contributed by atoms with E-state index < -0.39 is 11.5 Å². The van der Waals surface area contributed by atoms with Crippen LogP contribution in [0.4, 0.5) is 0 Å². The molecule has 0 fully saturated rings. The third-order valence-corrected chi connectivity index (χ3v) is 3.90. The maximum Gasteiger partial charge on any atom is 0.329 e. The Hall–Kier alpha value is -1.36. The molecule has 0 aromatic heterocycles. The summed E-state index contributed by atoms with van der Waals surface area (Å²) in [4.78, 5) is 23.6. The average molecular weight is 328 g/mol. The van der Waals surface area contributed by atoms with Gasteiger partial charge in [-0.15, -0.1) is 0 Å². The van der Waals surface area contributed by atoms with E-state index >= 15 is 0 Å². The van der Waals surface area contributed by atoms with Crippen molar-refractivity contribution in [2.75, 3.05) is 0 Å². The summed E-state index contributed by atoms with van der Waals surface area (Å²) in [6.07, 6.45) is 0.695. The van der Waals surface area contributed by atoms with E-state index in [9.17, 15) is 14.7 Å². The summed E-state index contributed by atoms with van der Waals surface area (Å²) >= 11 is 3.33. The number of carbonyl (C=O) groups excluding carboxylic acids is 1. The molecule has 0 aliphatic heterocycles. The van der Waals surface area contributed by atoms with E-state index in [1.54, 1.807) is 26.0 Å². The van der Waals surface area contributed by atoms with Crippen molar-refractivity contribution < 1.29 is 14.7 Å². The number of carboxylic acid groups (broad SMARTS) is 1. The number of rotatable bonds is 5. The molecular weight excluding hydrogens is 310 g/mol. The van der Waals surface area contributed by atoms with Crippen LogP contribution in [0.5, 0.6) is 0 Å². The number of amides is 1. The predicted molar refractivity (Wildman–Crippen MR) is 77.3 cm³/mol. The van der Waals surface area contributed by atoms with Crippen LogP contribution in [0, 0.1) is 6.92 Å². The van der Waals surface area contributed by atoms with Crippen molar-refractivity contribution >= 4 is 27.8 Å². The summed E-state index contributed by atoms with van der Waals surface area (Å²) in [5.74, 6) is -1.35. The molecule has 0 atom stereocenters. The van der Waals surface area contributed by atoms with Gasteiger partial charge in [-0.1, -0.05) is 29.8 Å². The molecule has 0 heterocycles. The zero-order chi connectivity index (χ0) is 14.6. The number of hydrogen-bond donors (Lipinski definition) is 2. The number of nitrogens with one attached hydrogen (secondary N) is 1. The Kier molecular flexibility index (Phi) is 5.11. The van der Waals surface area contributed by atoms with Gasteiger partial charge in [-0.05, 0) is 43.5 Å². The van der Waals surface area contributed by atoms with Crippen molar-refractivity contribution in [3.05, 3.63) is 33.8 Å². The highest BCUT2D eigenvalue weighted by atomic mass is 79.9. The highest BCUT2D eigenvalue weighted by molar-refractivity contribution is 9.10. The topological polar surface area (TPSA) is 66.4 Å². The van der Waals surface area contributed by atoms with Crippen LogP contribution in [0.15, 0.2) is 22.7 Å². The number of carbonyl (C=O) groups is 2. The van der Waals surface area contributed by atoms with Gasteiger partial charge in [0.15, 0.2) is 0 Å². The Morgan fingerprint density at radius 2 is 1.89 bits per heavy atom. The van der Waals surface area contributed by atoms with Gasteiger partial charge in [0.25, 0.3) is 5.91 Å². The van der Waals surface area contributed by atoms with Crippen LogP contribution in [0.1, 0.15) is 42.6 Å². The standard InChI is InChI=1S/C14H18BrNO3/c1-4-14(5-2,13(18)19)16-12(17)11-7-6-10(15)8-9(11)3/h6-8H,4-5H2,1-3H3,(H,16,17)(H,18,19). The van der Waals surface area contributed by atoms with E-state index in [1.165, 1.54) is 0 Å². The molecule has 0 saturated heterocycles. The molecule has 5 heteroatoms. The second kappa shape index (κ2) is 6.19. The summed E-state index contributed by atoms with van der Waals surface area (Å²) < 4.78 is 0.886.